The summed E-state index contributed by atoms with van der Waals surface area (Å²) in [5.74, 6) is -0.0802. The number of carbonyl (C=O) groups is 1. The van der Waals surface area contributed by atoms with Crippen molar-refractivity contribution in [3.63, 3.8) is 0 Å². The molecular formula is C9H13N3O. The van der Waals surface area contributed by atoms with E-state index in [1.165, 1.54) is 0 Å². The topological polar surface area (TPSA) is 53.2 Å². The Morgan fingerprint density at radius 1 is 1.31 bits per heavy atom. The van der Waals surface area contributed by atoms with Crippen LogP contribution in [0.5, 0.6) is 0 Å². The summed E-state index contributed by atoms with van der Waals surface area (Å²) in [4.78, 5) is 11.3. The lowest BCUT2D eigenvalue weighted by Crippen LogP contribution is -2.39. The van der Waals surface area contributed by atoms with E-state index in [1.807, 2.05) is 18.2 Å². The van der Waals surface area contributed by atoms with Crippen molar-refractivity contribution < 1.29 is 4.79 Å². The number of amides is 1. The minimum atomic E-state index is -0.0802. The number of benzene rings is 1. The number of hydrogen-bond acceptors (Lipinski definition) is 3. The summed E-state index contributed by atoms with van der Waals surface area (Å²) >= 11 is 0. The van der Waals surface area contributed by atoms with E-state index in [2.05, 4.69) is 16.2 Å². The Hall–Kier alpha value is -1.39. The van der Waals surface area contributed by atoms with Crippen LogP contribution in [0.3, 0.4) is 0 Å². The lowest BCUT2D eigenvalue weighted by atomic mass is 10.2. The molecule has 0 aliphatic heterocycles. The average molecular weight is 179 g/mol. The summed E-state index contributed by atoms with van der Waals surface area (Å²) in [7, 11) is 1.74. The number of carbonyl (C=O) groups excluding carboxylic acids is 1. The molecule has 4 nitrogen and oxygen atoms in total. The van der Waals surface area contributed by atoms with Crippen LogP contribution in [-0.2, 0) is 0 Å². The highest BCUT2D eigenvalue weighted by Crippen LogP contribution is 1.96. The highest BCUT2D eigenvalue weighted by atomic mass is 16.1. The molecule has 0 radical (unpaired) electrons. The third-order valence-electron chi connectivity index (χ3n) is 1.55. The molecule has 0 heterocycles. The van der Waals surface area contributed by atoms with Crippen molar-refractivity contribution in [1.82, 2.24) is 16.2 Å². The van der Waals surface area contributed by atoms with Gasteiger partial charge in [0.05, 0.1) is 6.67 Å². The average Bonchev–Trinajstić information content (AvgIpc) is 2.19. The van der Waals surface area contributed by atoms with Gasteiger partial charge in [0.2, 0.25) is 0 Å². The van der Waals surface area contributed by atoms with E-state index in [4.69, 9.17) is 0 Å². The first-order valence-corrected chi connectivity index (χ1v) is 4.07. The Morgan fingerprint density at radius 2 is 2.00 bits per heavy atom. The van der Waals surface area contributed by atoms with E-state index in [9.17, 15) is 4.79 Å². The summed E-state index contributed by atoms with van der Waals surface area (Å²) in [6, 6.07) is 9.09. The van der Waals surface area contributed by atoms with Crippen LogP contribution in [0.4, 0.5) is 0 Å². The molecule has 1 aromatic rings. The molecule has 0 aromatic heterocycles. The first-order valence-electron chi connectivity index (χ1n) is 4.07. The van der Waals surface area contributed by atoms with Gasteiger partial charge in [-0.3, -0.25) is 10.2 Å². The first-order chi connectivity index (χ1) is 6.34. The van der Waals surface area contributed by atoms with Gasteiger partial charge in [0, 0.05) is 5.56 Å². The summed E-state index contributed by atoms with van der Waals surface area (Å²) in [6.07, 6.45) is 0. The van der Waals surface area contributed by atoms with E-state index in [-0.39, 0.29) is 5.91 Å². The van der Waals surface area contributed by atoms with E-state index in [1.54, 1.807) is 19.2 Å². The SMILES string of the molecule is CNNCNC(=O)c1ccccc1. The summed E-state index contributed by atoms with van der Waals surface area (Å²) in [5.41, 5.74) is 6.14. The summed E-state index contributed by atoms with van der Waals surface area (Å²) < 4.78 is 0. The standard InChI is InChI=1S/C9H13N3O/c1-10-12-7-11-9(13)8-5-3-2-4-6-8/h2-6,10,12H,7H2,1H3,(H,11,13). The van der Waals surface area contributed by atoms with Crippen LogP contribution in [-0.4, -0.2) is 19.6 Å². The van der Waals surface area contributed by atoms with Crippen LogP contribution >= 0.6 is 0 Å². The Bertz CT molecular complexity index is 261. The lowest BCUT2D eigenvalue weighted by Gasteiger charge is -2.05. The summed E-state index contributed by atoms with van der Waals surface area (Å²) in [5, 5.41) is 2.69. The van der Waals surface area contributed by atoms with Crippen molar-refractivity contribution in [2.75, 3.05) is 13.7 Å². The highest BCUT2D eigenvalue weighted by Gasteiger charge is 2.01. The van der Waals surface area contributed by atoms with Gasteiger partial charge in [0.25, 0.3) is 5.91 Å². The first kappa shape index (κ1) is 9.70. The van der Waals surface area contributed by atoms with Crippen molar-refractivity contribution in [1.29, 1.82) is 0 Å². The van der Waals surface area contributed by atoms with Crippen molar-refractivity contribution in [3.05, 3.63) is 35.9 Å². The molecule has 70 valence electrons. The molecule has 0 fully saturated rings. The van der Waals surface area contributed by atoms with Gasteiger partial charge in [0.15, 0.2) is 0 Å². The van der Waals surface area contributed by atoms with E-state index >= 15 is 0 Å². The zero-order valence-electron chi connectivity index (χ0n) is 7.50. The zero-order valence-corrected chi connectivity index (χ0v) is 7.50. The minimum Gasteiger partial charge on any atom is -0.338 e. The molecule has 3 N–H and O–H groups in total. The molecule has 0 saturated heterocycles. The van der Waals surface area contributed by atoms with Gasteiger partial charge >= 0.3 is 0 Å². The maximum atomic E-state index is 11.3. The maximum absolute atomic E-state index is 11.3. The van der Waals surface area contributed by atoms with Gasteiger partial charge in [-0.1, -0.05) is 18.2 Å². The molecule has 1 amide bonds. The number of rotatable bonds is 4. The quantitative estimate of drug-likeness (QED) is 0.349. The van der Waals surface area contributed by atoms with Gasteiger partial charge in [-0.05, 0) is 19.2 Å². The second kappa shape index (κ2) is 5.29. The highest BCUT2D eigenvalue weighted by molar-refractivity contribution is 5.93. The molecule has 0 saturated carbocycles. The van der Waals surface area contributed by atoms with E-state index in [0.29, 0.717) is 12.2 Å². The van der Waals surface area contributed by atoms with Crippen LogP contribution in [0.1, 0.15) is 10.4 Å². The van der Waals surface area contributed by atoms with Gasteiger partial charge in [-0.25, -0.2) is 5.43 Å². The largest absolute Gasteiger partial charge is 0.338 e. The molecule has 0 unspecified atom stereocenters. The molecule has 0 atom stereocenters. The third kappa shape index (κ3) is 3.23. The summed E-state index contributed by atoms with van der Waals surface area (Å²) in [6.45, 7) is 0.407. The van der Waals surface area contributed by atoms with Gasteiger partial charge < -0.3 is 5.32 Å². The van der Waals surface area contributed by atoms with Crippen LogP contribution in [0.15, 0.2) is 30.3 Å². The van der Waals surface area contributed by atoms with Crippen molar-refractivity contribution >= 4 is 5.91 Å². The minimum absolute atomic E-state index is 0.0802. The number of hydrazine groups is 1. The molecule has 0 spiro atoms. The molecule has 13 heavy (non-hydrogen) atoms. The zero-order chi connectivity index (χ0) is 9.52. The van der Waals surface area contributed by atoms with E-state index < -0.39 is 0 Å². The van der Waals surface area contributed by atoms with Crippen LogP contribution in [0.2, 0.25) is 0 Å². The Labute approximate surface area is 77.3 Å². The molecule has 0 bridgehead atoms. The third-order valence-corrected chi connectivity index (χ3v) is 1.55. The molecule has 0 aliphatic rings. The second-order valence-electron chi connectivity index (χ2n) is 2.48. The number of nitrogens with one attached hydrogen (secondary N) is 3. The monoisotopic (exact) mass is 179 g/mol. The van der Waals surface area contributed by atoms with Gasteiger partial charge in [0.1, 0.15) is 0 Å². The fourth-order valence-corrected chi connectivity index (χ4v) is 0.904. The van der Waals surface area contributed by atoms with Crippen molar-refractivity contribution in [2.45, 2.75) is 0 Å². The fourth-order valence-electron chi connectivity index (χ4n) is 0.904. The molecule has 1 aromatic carbocycles. The Kier molecular flexibility index (Phi) is 3.95. The van der Waals surface area contributed by atoms with Crippen LogP contribution < -0.4 is 16.2 Å². The van der Waals surface area contributed by atoms with Gasteiger partial charge in [-0.2, -0.15) is 0 Å². The molecule has 0 aliphatic carbocycles. The fraction of sp³-hybridized carbons (Fsp3) is 0.222. The van der Waals surface area contributed by atoms with E-state index in [0.717, 1.165) is 0 Å². The molecule has 1 rings (SSSR count). The Morgan fingerprint density at radius 3 is 2.62 bits per heavy atom. The van der Waals surface area contributed by atoms with Crippen molar-refractivity contribution in [3.8, 4) is 0 Å². The molecule has 4 heteroatoms. The number of hydrogen-bond donors (Lipinski definition) is 3. The van der Waals surface area contributed by atoms with Crippen molar-refractivity contribution in [2.24, 2.45) is 0 Å². The normalized spacial score (nSPS) is 9.62. The molecular weight excluding hydrogens is 166 g/mol. The predicted molar refractivity (Wildman–Crippen MR) is 51.0 cm³/mol. The Balaban J connectivity index is 2.40. The van der Waals surface area contributed by atoms with Gasteiger partial charge in [-0.15, -0.1) is 0 Å². The second-order valence-corrected chi connectivity index (χ2v) is 2.48. The maximum Gasteiger partial charge on any atom is 0.252 e. The smallest absolute Gasteiger partial charge is 0.252 e. The lowest BCUT2D eigenvalue weighted by molar-refractivity contribution is 0.0949. The predicted octanol–water partition coefficient (Wildman–Crippen LogP) is 0.0979. The van der Waals surface area contributed by atoms with Crippen LogP contribution in [0.25, 0.3) is 0 Å². The van der Waals surface area contributed by atoms with Crippen LogP contribution in [0, 0.1) is 0 Å².